The van der Waals surface area contributed by atoms with E-state index >= 15 is 0 Å². The molecule has 0 aliphatic rings. The molecule has 0 atom stereocenters. The molecule has 3 aromatic rings. The van der Waals surface area contributed by atoms with Crippen molar-refractivity contribution in [2.75, 3.05) is 0 Å². The van der Waals surface area contributed by atoms with Crippen LogP contribution in [0.4, 0.5) is 13.2 Å². The van der Waals surface area contributed by atoms with Gasteiger partial charge in [-0.1, -0.05) is 0 Å². The third kappa shape index (κ3) is 2.76. The molecule has 0 aliphatic heterocycles. The maximum Gasteiger partial charge on any atom is 0.416 e. The average Bonchev–Trinajstić information content (AvgIpc) is 2.92. The van der Waals surface area contributed by atoms with Crippen molar-refractivity contribution in [3.8, 4) is 11.5 Å². The number of fused-ring (bicyclic) bond motifs is 1. The van der Waals surface area contributed by atoms with Gasteiger partial charge in [0.15, 0.2) is 0 Å². The number of aromatic amines is 1. The molecule has 108 valence electrons. The van der Waals surface area contributed by atoms with E-state index in [9.17, 15) is 13.2 Å². The van der Waals surface area contributed by atoms with Crippen LogP contribution >= 0.6 is 15.9 Å². The summed E-state index contributed by atoms with van der Waals surface area (Å²) >= 11 is 3.42. The van der Waals surface area contributed by atoms with E-state index in [0.717, 1.165) is 27.5 Å². The van der Waals surface area contributed by atoms with Gasteiger partial charge in [0.1, 0.15) is 11.5 Å². The molecule has 0 saturated heterocycles. The van der Waals surface area contributed by atoms with Gasteiger partial charge in [0.2, 0.25) is 0 Å². The molecule has 6 heteroatoms. The van der Waals surface area contributed by atoms with E-state index in [2.05, 4.69) is 20.9 Å². The Morgan fingerprint density at radius 3 is 2.33 bits per heavy atom. The third-order valence-electron chi connectivity index (χ3n) is 3.04. The van der Waals surface area contributed by atoms with Gasteiger partial charge in [-0.25, -0.2) is 0 Å². The number of aromatic nitrogens is 1. The van der Waals surface area contributed by atoms with E-state index in [4.69, 9.17) is 4.74 Å². The minimum atomic E-state index is -4.34. The number of rotatable bonds is 2. The molecule has 0 bridgehead atoms. The fourth-order valence-electron chi connectivity index (χ4n) is 2.02. The van der Waals surface area contributed by atoms with Crippen LogP contribution < -0.4 is 4.74 Å². The number of alkyl halides is 3. The van der Waals surface area contributed by atoms with E-state index in [1.807, 2.05) is 12.1 Å². The molecule has 1 N–H and O–H groups in total. The normalized spacial score (nSPS) is 11.8. The van der Waals surface area contributed by atoms with Crippen LogP contribution in [0.25, 0.3) is 10.9 Å². The van der Waals surface area contributed by atoms with Crippen LogP contribution in [0.15, 0.2) is 53.1 Å². The van der Waals surface area contributed by atoms with Gasteiger partial charge in [-0.3, -0.25) is 0 Å². The molecule has 3 rings (SSSR count). The number of halogens is 4. The number of nitrogens with one attached hydrogen (secondary N) is 1. The lowest BCUT2D eigenvalue weighted by Gasteiger charge is -2.10. The molecule has 1 aromatic heterocycles. The molecule has 2 nitrogen and oxygen atoms in total. The highest BCUT2D eigenvalue weighted by Gasteiger charge is 2.30. The number of ether oxygens (including phenoxy) is 1. The van der Waals surface area contributed by atoms with Crippen LogP contribution in [0.5, 0.6) is 11.5 Å². The molecular weight excluding hydrogens is 347 g/mol. The second-order valence-corrected chi connectivity index (χ2v) is 5.29. The molecule has 0 unspecified atom stereocenters. The maximum atomic E-state index is 12.5. The van der Waals surface area contributed by atoms with Gasteiger partial charge in [0, 0.05) is 16.1 Å². The summed E-state index contributed by atoms with van der Waals surface area (Å²) in [5.74, 6) is 0.932. The molecule has 0 spiro atoms. The second kappa shape index (κ2) is 5.11. The van der Waals surface area contributed by atoms with Gasteiger partial charge in [0.25, 0.3) is 0 Å². The predicted molar refractivity (Wildman–Crippen MR) is 77.5 cm³/mol. The molecule has 2 aromatic carbocycles. The Morgan fingerprint density at radius 1 is 0.952 bits per heavy atom. The summed E-state index contributed by atoms with van der Waals surface area (Å²) in [4.78, 5) is 3.07. The van der Waals surface area contributed by atoms with Gasteiger partial charge < -0.3 is 9.72 Å². The Balaban J connectivity index is 1.92. The highest BCUT2D eigenvalue weighted by atomic mass is 79.9. The zero-order chi connectivity index (χ0) is 15.0. The lowest BCUT2D eigenvalue weighted by atomic mass is 10.2. The number of hydrogen-bond acceptors (Lipinski definition) is 1. The highest BCUT2D eigenvalue weighted by Crippen LogP contribution is 2.35. The fraction of sp³-hybridized carbons (Fsp3) is 0.0667. The SMILES string of the molecule is FC(F)(F)c1ccc(Oc2ccc(Br)c3[nH]ccc23)cc1. The highest BCUT2D eigenvalue weighted by molar-refractivity contribution is 9.10. The van der Waals surface area contributed by atoms with Crippen molar-refractivity contribution >= 4 is 26.8 Å². The zero-order valence-corrected chi connectivity index (χ0v) is 12.1. The molecule has 21 heavy (non-hydrogen) atoms. The molecule has 0 radical (unpaired) electrons. The van der Waals surface area contributed by atoms with Gasteiger partial charge in [-0.05, 0) is 58.4 Å². The van der Waals surface area contributed by atoms with Crippen molar-refractivity contribution in [3.05, 3.63) is 58.7 Å². The largest absolute Gasteiger partial charge is 0.457 e. The van der Waals surface area contributed by atoms with Crippen LogP contribution in [0.3, 0.4) is 0 Å². The smallest absolute Gasteiger partial charge is 0.416 e. The summed E-state index contributed by atoms with van der Waals surface area (Å²) in [5.41, 5.74) is 0.178. The van der Waals surface area contributed by atoms with Crippen molar-refractivity contribution < 1.29 is 17.9 Å². The van der Waals surface area contributed by atoms with E-state index in [1.54, 1.807) is 12.3 Å². The van der Waals surface area contributed by atoms with Crippen LogP contribution in [-0.2, 0) is 6.18 Å². The van der Waals surface area contributed by atoms with E-state index < -0.39 is 11.7 Å². The first-order chi connectivity index (χ1) is 9.95. The molecule has 0 fully saturated rings. The topological polar surface area (TPSA) is 25.0 Å². The van der Waals surface area contributed by atoms with Gasteiger partial charge >= 0.3 is 6.18 Å². The third-order valence-corrected chi connectivity index (χ3v) is 3.70. The minimum Gasteiger partial charge on any atom is -0.457 e. The zero-order valence-electron chi connectivity index (χ0n) is 10.5. The standard InChI is InChI=1S/C15H9BrF3NO/c16-12-5-6-13(11-7-8-20-14(11)12)21-10-3-1-9(2-4-10)15(17,18)19/h1-8,20H. The molecule has 0 saturated carbocycles. The Bertz CT molecular complexity index is 778. The van der Waals surface area contributed by atoms with E-state index in [-0.39, 0.29) is 0 Å². The van der Waals surface area contributed by atoms with Gasteiger partial charge in [-0.2, -0.15) is 13.2 Å². The number of benzene rings is 2. The van der Waals surface area contributed by atoms with Gasteiger partial charge in [-0.15, -0.1) is 0 Å². The first-order valence-corrected chi connectivity index (χ1v) is 6.85. The molecule has 0 aliphatic carbocycles. The quantitative estimate of drug-likeness (QED) is 0.622. The first kappa shape index (κ1) is 14.0. The van der Waals surface area contributed by atoms with Crippen LogP contribution in [0, 0.1) is 0 Å². The van der Waals surface area contributed by atoms with E-state index in [1.165, 1.54) is 12.1 Å². The summed E-state index contributed by atoms with van der Waals surface area (Å²) < 4.78 is 44.1. The van der Waals surface area contributed by atoms with E-state index in [0.29, 0.717) is 11.5 Å². The van der Waals surface area contributed by atoms with Crippen LogP contribution in [0.2, 0.25) is 0 Å². The monoisotopic (exact) mass is 355 g/mol. The summed E-state index contributed by atoms with van der Waals surface area (Å²) in [5, 5.41) is 0.851. The number of hydrogen-bond donors (Lipinski definition) is 1. The molecular formula is C15H9BrF3NO. The average molecular weight is 356 g/mol. The summed E-state index contributed by atoms with van der Waals surface area (Å²) in [6.45, 7) is 0. The van der Waals surface area contributed by atoms with Gasteiger partial charge in [0.05, 0.1) is 11.1 Å². The lowest BCUT2D eigenvalue weighted by Crippen LogP contribution is -2.03. The minimum absolute atomic E-state index is 0.354. The summed E-state index contributed by atoms with van der Waals surface area (Å²) in [7, 11) is 0. The first-order valence-electron chi connectivity index (χ1n) is 6.06. The Hall–Kier alpha value is -1.95. The lowest BCUT2D eigenvalue weighted by molar-refractivity contribution is -0.137. The fourth-order valence-corrected chi connectivity index (χ4v) is 2.48. The Kier molecular flexibility index (Phi) is 3.41. The Labute approximate surface area is 126 Å². The molecule has 0 amide bonds. The van der Waals surface area contributed by atoms with Crippen molar-refractivity contribution in [1.82, 2.24) is 4.98 Å². The van der Waals surface area contributed by atoms with Crippen molar-refractivity contribution in [1.29, 1.82) is 0 Å². The predicted octanol–water partition coefficient (Wildman–Crippen LogP) is 5.74. The van der Waals surface area contributed by atoms with Crippen LogP contribution in [0.1, 0.15) is 5.56 Å². The number of H-pyrrole nitrogens is 1. The van der Waals surface area contributed by atoms with Crippen molar-refractivity contribution in [2.45, 2.75) is 6.18 Å². The van der Waals surface area contributed by atoms with Crippen molar-refractivity contribution in [3.63, 3.8) is 0 Å². The second-order valence-electron chi connectivity index (χ2n) is 4.44. The van der Waals surface area contributed by atoms with Crippen molar-refractivity contribution in [2.24, 2.45) is 0 Å². The van der Waals surface area contributed by atoms with Crippen LogP contribution in [-0.4, -0.2) is 4.98 Å². The maximum absolute atomic E-state index is 12.5. The summed E-state index contributed by atoms with van der Waals surface area (Å²) in [6.07, 6.45) is -2.57. The molecule has 1 heterocycles. The Morgan fingerprint density at radius 2 is 1.67 bits per heavy atom. The summed E-state index contributed by atoms with van der Waals surface area (Å²) in [6, 6.07) is 10.0.